The Morgan fingerprint density at radius 2 is 2.04 bits per heavy atom. The van der Waals surface area contributed by atoms with Crippen LogP contribution in [-0.2, 0) is 11.3 Å². The molecule has 6 rings (SSSR count). The summed E-state index contributed by atoms with van der Waals surface area (Å²) in [5.74, 6) is 2.09. The normalized spacial score (nSPS) is 31.0. The van der Waals surface area contributed by atoms with Gasteiger partial charge in [0.1, 0.15) is 18.4 Å². The number of amides is 1. The minimum atomic E-state index is 0.233. The molecule has 1 aromatic heterocycles. The molecule has 1 aromatic carbocycles. The number of rotatable bonds is 5. The van der Waals surface area contributed by atoms with Gasteiger partial charge in [0.05, 0.1) is 19.7 Å². The van der Waals surface area contributed by atoms with Gasteiger partial charge in [0, 0.05) is 30.5 Å². The summed E-state index contributed by atoms with van der Waals surface area (Å²) in [4.78, 5) is 22.0. The number of carbonyl (C=O) groups is 1. The average Bonchev–Trinajstić information content (AvgIpc) is 3.42. The summed E-state index contributed by atoms with van der Waals surface area (Å²) in [5.41, 5.74) is 1.24. The number of likely N-dealkylation sites (tertiary alicyclic amines) is 1. The molecule has 0 radical (unpaired) electrons. The van der Waals surface area contributed by atoms with Crippen molar-refractivity contribution in [2.75, 3.05) is 26.7 Å². The molecule has 0 spiro atoms. The molecule has 148 valence electrons. The van der Waals surface area contributed by atoms with Gasteiger partial charge in [-0.25, -0.2) is 4.98 Å². The number of hydrogen-bond acceptors (Lipinski definition) is 5. The molecule has 7 nitrogen and oxygen atoms in total. The van der Waals surface area contributed by atoms with E-state index in [1.807, 2.05) is 12.1 Å². The first kappa shape index (κ1) is 17.7. The van der Waals surface area contributed by atoms with Crippen molar-refractivity contribution in [3.8, 4) is 5.75 Å². The fourth-order valence-corrected chi connectivity index (χ4v) is 5.65. The molecule has 0 N–H and O–H groups in total. The summed E-state index contributed by atoms with van der Waals surface area (Å²) in [5, 5.41) is 4.13. The van der Waals surface area contributed by atoms with Gasteiger partial charge in [-0.1, -0.05) is 18.2 Å². The third-order valence-electron chi connectivity index (χ3n) is 6.87. The Labute approximate surface area is 165 Å². The molecule has 2 aromatic rings. The molecule has 5 heterocycles. The highest BCUT2D eigenvalue weighted by Gasteiger charge is 2.54. The van der Waals surface area contributed by atoms with E-state index in [1.165, 1.54) is 24.7 Å². The maximum Gasteiger partial charge on any atom is 0.224 e. The summed E-state index contributed by atoms with van der Waals surface area (Å²) < 4.78 is 7.41. The fourth-order valence-electron chi connectivity index (χ4n) is 5.65. The second kappa shape index (κ2) is 7.20. The Bertz CT molecular complexity index is 831. The number of aryl methyl sites for hydroxylation is 1. The van der Waals surface area contributed by atoms with E-state index in [-0.39, 0.29) is 5.91 Å². The maximum absolute atomic E-state index is 13.2. The van der Waals surface area contributed by atoms with Crippen LogP contribution in [0.15, 0.2) is 36.9 Å². The van der Waals surface area contributed by atoms with E-state index in [4.69, 9.17) is 4.74 Å². The summed E-state index contributed by atoms with van der Waals surface area (Å²) in [6.07, 6.45) is 6.06. The van der Waals surface area contributed by atoms with Crippen LogP contribution in [0.5, 0.6) is 5.75 Å². The van der Waals surface area contributed by atoms with Crippen molar-refractivity contribution in [3.63, 3.8) is 0 Å². The van der Waals surface area contributed by atoms with Gasteiger partial charge >= 0.3 is 0 Å². The molecule has 4 aliphatic heterocycles. The lowest BCUT2D eigenvalue weighted by atomic mass is 9.75. The van der Waals surface area contributed by atoms with Gasteiger partial charge in [-0.2, -0.15) is 5.10 Å². The zero-order chi connectivity index (χ0) is 19.1. The second-order valence-corrected chi connectivity index (χ2v) is 8.16. The van der Waals surface area contributed by atoms with Crippen molar-refractivity contribution in [1.82, 2.24) is 24.6 Å². The van der Waals surface area contributed by atoms with Crippen LogP contribution in [0, 0.1) is 5.92 Å². The summed E-state index contributed by atoms with van der Waals surface area (Å²) >= 11 is 0. The lowest BCUT2D eigenvalue weighted by molar-refractivity contribution is -0.136. The molecule has 3 atom stereocenters. The zero-order valence-electron chi connectivity index (χ0n) is 16.3. The number of nitrogens with zero attached hydrogens (tertiary/aromatic N) is 5. The van der Waals surface area contributed by atoms with Gasteiger partial charge < -0.3 is 9.64 Å². The first-order valence-corrected chi connectivity index (χ1v) is 10.2. The molecule has 4 saturated heterocycles. The third kappa shape index (κ3) is 2.89. The monoisotopic (exact) mass is 381 g/mol. The highest BCUT2D eigenvalue weighted by Crippen LogP contribution is 2.48. The Morgan fingerprint density at radius 1 is 1.21 bits per heavy atom. The summed E-state index contributed by atoms with van der Waals surface area (Å²) in [6.45, 7) is 3.66. The lowest BCUT2D eigenvalue weighted by Gasteiger charge is -2.51. The predicted molar refractivity (Wildman–Crippen MR) is 104 cm³/mol. The molecule has 28 heavy (non-hydrogen) atoms. The molecule has 0 unspecified atom stereocenters. The van der Waals surface area contributed by atoms with E-state index in [1.54, 1.807) is 18.1 Å². The van der Waals surface area contributed by atoms with Gasteiger partial charge in [-0.15, -0.1) is 0 Å². The highest BCUT2D eigenvalue weighted by molar-refractivity contribution is 5.77. The standard InChI is InChI=1S/C21H27N5O2/c1-28-18-5-3-2-4-16(18)17-12-26(19(27)8-11-25-14-22-13-23-25)20-15-6-9-24(10-7-15)21(17)20/h2-5,13-15,17,20-21H,6-12H2,1H3/t17-,20+,21+/m0/s1. The maximum atomic E-state index is 13.2. The van der Waals surface area contributed by atoms with Crippen LogP contribution in [0.2, 0.25) is 0 Å². The molecule has 4 aliphatic rings. The SMILES string of the molecule is COc1ccccc1[C@@H]1CN(C(=O)CCn2cncn2)[C@@H]2C3CCN(CC3)[C@@H]21. The Kier molecular flexibility index (Phi) is 4.55. The minimum Gasteiger partial charge on any atom is -0.496 e. The third-order valence-corrected chi connectivity index (χ3v) is 6.87. The number of carbonyl (C=O) groups excluding carboxylic acids is 1. The number of hydrogen-bond donors (Lipinski definition) is 0. The van der Waals surface area contributed by atoms with E-state index in [0.717, 1.165) is 25.4 Å². The number of para-hydroxylation sites is 1. The first-order chi connectivity index (χ1) is 13.8. The zero-order valence-corrected chi connectivity index (χ0v) is 16.3. The number of aromatic nitrogens is 3. The number of piperidine rings is 3. The van der Waals surface area contributed by atoms with Crippen LogP contribution in [0.1, 0.15) is 30.7 Å². The average molecular weight is 381 g/mol. The molecule has 0 aliphatic carbocycles. The topological polar surface area (TPSA) is 63.5 Å². The quantitative estimate of drug-likeness (QED) is 0.790. The van der Waals surface area contributed by atoms with Crippen LogP contribution >= 0.6 is 0 Å². The van der Waals surface area contributed by atoms with E-state index in [2.05, 4.69) is 32.0 Å². The van der Waals surface area contributed by atoms with Crippen molar-refractivity contribution >= 4 is 5.91 Å². The highest BCUT2D eigenvalue weighted by atomic mass is 16.5. The first-order valence-electron chi connectivity index (χ1n) is 10.2. The number of ether oxygens (including phenoxy) is 1. The van der Waals surface area contributed by atoms with Crippen LogP contribution in [0.3, 0.4) is 0 Å². The lowest BCUT2D eigenvalue weighted by Crippen LogP contribution is -2.60. The molecule has 1 amide bonds. The van der Waals surface area contributed by atoms with Crippen molar-refractivity contribution in [2.24, 2.45) is 5.92 Å². The van der Waals surface area contributed by atoms with Crippen LogP contribution < -0.4 is 4.74 Å². The number of methoxy groups -OCH3 is 1. The van der Waals surface area contributed by atoms with Crippen molar-refractivity contribution in [1.29, 1.82) is 0 Å². The van der Waals surface area contributed by atoms with Gasteiger partial charge in [-0.3, -0.25) is 14.4 Å². The summed E-state index contributed by atoms with van der Waals surface area (Å²) in [6, 6.07) is 9.03. The van der Waals surface area contributed by atoms with Gasteiger partial charge in [0.25, 0.3) is 0 Å². The van der Waals surface area contributed by atoms with E-state index in [0.29, 0.717) is 36.9 Å². The summed E-state index contributed by atoms with van der Waals surface area (Å²) in [7, 11) is 1.74. The molecule has 7 heteroatoms. The molecular weight excluding hydrogens is 354 g/mol. The van der Waals surface area contributed by atoms with E-state index < -0.39 is 0 Å². The van der Waals surface area contributed by atoms with Gasteiger partial charge in [-0.05, 0) is 37.9 Å². The van der Waals surface area contributed by atoms with Crippen LogP contribution in [-0.4, -0.2) is 69.3 Å². The Morgan fingerprint density at radius 3 is 2.79 bits per heavy atom. The van der Waals surface area contributed by atoms with Crippen molar-refractivity contribution in [2.45, 2.75) is 43.8 Å². The molecule has 2 bridgehead atoms. The van der Waals surface area contributed by atoms with E-state index in [9.17, 15) is 4.79 Å². The predicted octanol–water partition coefficient (Wildman–Crippen LogP) is 1.77. The smallest absolute Gasteiger partial charge is 0.224 e. The fraction of sp³-hybridized carbons (Fsp3) is 0.571. The number of fused-ring (bicyclic) bond motifs is 2. The Balaban J connectivity index is 1.43. The molecular formula is C21H27N5O2. The van der Waals surface area contributed by atoms with E-state index >= 15 is 0 Å². The van der Waals surface area contributed by atoms with Crippen molar-refractivity contribution in [3.05, 3.63) is 42.5 Å². The Hall–Kier alpha value is -2.41. The molecule has 0 saturated carbocycles. The minimum absolute atomic E-state index is 0.233. The van der Waals surface area contributed by atoms with Gasteiger partial charge in [0.2, 0.25) is 5.91 Å². The second-order valence-electron chi connectivity index (χ2n) is 8.16. The number of benzene rings is 1. The largest absolute Gasteiger partial charge is 0.496 e. The van der Waals surface area contributed by atoms with Crippen LogP contribution in [0.25, 0.3) is 0 Å². The van der Waals surface area contributed by atoms with Crippen molar-refractivity contribution < 1.29 is 9.53 Å². The van der Waals surface area contributed by atoms with Crippen LogP contribution in [0.4, 0.5) is 0 Å². The molecule has 4 fully saturated rings. The van der Waals surface area contributed by atoms with Gasteiger partial charge in [0.15, 0.2) is 0 Å².